The standard InChI is InChI=1S/C23H21ClN4O2/c24-16-6-12-21(13-7-16)28-15-20(14-22(28)29)27-23(30)26-19-10-8-18(9-11-19)25-17-4-2-1-3-5-17/h1-13,20,25H,14-15H2,(H2,26,27,30)/t20-/m1/s1. The summed E-state index contributed by atoms with van der Waals surface area (Å²) >= 11 is 5.91. The van der Waals surface area contributed by atoms with Crippen LogP contribution in [0.5, 0.6) is 0 Å². The summed E-state index contributed by atoms with van der Waals surface area (Å²) < 4.78 is 0. The lowest BCUT2D eigenvalue weighted by atomic mass is 10.2. The van der Waals surface area contributed by atoms with E-state index < -0.39 is 0 Å². The van der Waals surface area contributed by atoms with Crippen molar-refractivity contribution in [3.8, 4) is 0 Å². The zero-order valence-electron chi connectivity index (χ0n) is 16.1. The number of nitrogens with zero attached hydrogens (tertiary/aromatic N) is 1. The van der Waals surface area contributed by atoms with Gasteiger partial charge in [0.25, 0.3) is 0 Å². The molecule has 0 unspecified atom stereocenters. The van der Waals surface area contributed by atoms with Gasteiger partial charge in [-0.1, -0.05) is 29.8 Å². The molecule has 1 fully saturated rings. The zero-order valence-corrected chi connectivity index (χ0v) is 16.9. The molecule has 7 heteroatoms. The highest BCUT2D eigenvalue weighted by Gasteiger charge is 2.31. The summed E-state index contributed by atoms with van der Waals surface area (Å²) in [5.41, 5.74) is 3.36. The summed E-state index contributed by atoms with van der Waals surface area (Å²) in [6.45, 7) is 0.424. The number of hydrogen-bond acceptors (Lipinski definition) is 3. The van der Waals surface area contributed by atoms with Gasteiger partial charge >= 0.3 is 6.03 Å². The quantitative estimate of drug-likeness (QED) is 0.543. The second kappa shape index (κ2) is 8.88. The number of urea groups is 1. The predicted octanol–water partition coefficient (Wildman–Crippen LogP) is 5.01. The lowest BCUT2D eigenvalue weighted by Gasteiger charge is -2.17. The number of benzene rings is 3. The Morgan fingerprint density at radius 1 is 0.867 bits per heavy atom. The highest BCUT2D eigenvalue weighted by atomic mass is 35.5. The molecule has 152 valence electrons. The molecule has 1 saturated heterocycles. The normalized spacial score (nSPS) is 15.7. The van der Waals surface area contributed by atoms with Crippen molar-refractivity contribution in [1.82, 2.24) is 5.32 Å². The highest BCUT2D eigenvalue weighted by molar-refractivity contribution is 6.30. The second-order valence-corrected chi connectivity index (χ2v) is 7.49. The van der Waals surface area contributed by atoms with E-state index in [4.69, 9.17) is 11.6 Å². The minimum atomic E-state index is -0.338. The van der Waals surface area contributed by atoms with Crippen molar-refractivity contribution in [3.63, 3.8) is 0 Å². The number of amides is 3. The minimum absolute atomic E-state index is 0.0287. The Hall–Kier alpha value is -3.51. The summed E-state index contributed by atoms with van der Waals surface area (Å²) in [7, 11) is 0. The number of anilines is 4. The lowest BCUT2D eigenvalue weighted by Crippen LogP contribution is -2.39. The Labute approximate surface area is 179 Å². The van der Waals surface area contributed by atoms with E-state index in [0.717, 1.165) is 17.1 Å². The Morgan fingerprint density at radius 2 is 1.50 bits per heavy atom. The molecule has 3 amide bonds. The molecule has 1 aliphatic heterocycles. The summed E-state index contributed by atoms with van der Waals surface area (Å²) in [6.07, 6.45) is 0.260. The molecule has 4 rings (SSSR count). The fraction of sp³-hybridized carbons (Fsp3) is 0.130. The van der Waals surface area contributed by atoms with Crippen molar-refractivity contribution in [2.24, 2.45) is 0 Å². The van der Waals surface area contributed by atoms with Crippen LogP contribution in [0.4, 0.5) is 27.5 Å². The molecule has 0 aromatic heterocycles. The van der Waals surface area contributed by atoms with Crippen molar-refractivity contribution < 1.29 is 9.59 Å². The Bertz CT molecular complexity index is 1020. The molecule has 0 aliphatic carbocycles. The van der Waals surface area contributed by atoms with E-state index in [0.29, 0.717) is 17.3 Å². The molecule has 0 bridgehead atoms. The van der Waals surface area contributed by atoms with Gasteiger partial charge in [-0.25, -0.2) is 4.79 Å². The van der Waals surface area contributed by atoms with Gasteiger partial charge in [-0.05, 0) is 60.7 Å². The molecule has 1 aliphatic rings. The van der Waals surface area contributed by atoms with Gasteiger partial charge in [0.2, 0.25) is 5.91 Å². The van der Waals surface area contributed by atoms with Crippen LogP contribution in [0, 0.1) is 0 Å². The van der Waals surface area contributed by atoms with Gasteiger partial charge in [-0.15, -0.1) is 0 Å². The molecule has 3 aromatic carbocycles. The van der Waals surface area contributed by atoms with Gasteiger partial charge in [0, 0.05) is 40.7 Å². The predicted molar refractivity (Wildman–Crippen MR) is 121 cm³/mol. The molecule has 30 heavy (non-hydrogen) atoms. The van der Waals surface area contributed by atoms with Crippen LogP contribution in [-0.2, 0) is 4.79 Å². The number of carbonyl (C=O) groups is 2. The van der Waals surface area contributed by atoms with Crippen LogP contribution in [0.2, 0.25) is 5.02 Å². The van der Waals surface area contributed by atoms with E-state index in [2.05, 4.69) is 16.0 Å². The molecule has 0 radical (unpaired) electrons. The summed E-state index contributed by atoms with van der Waals surface area (Å²) in [4.78, 5) is 26.3. The van der Waals surface area contributed by atoms with Crippen LogP contribution in [0.15, 0.2) is 78.9 Å². The Balaban J connectivity index is 1.30. The van der Waals surface area contributed by atoms with Crippen LogP contribution in [0.1, 0.15) is 6.42 Å². The van der Waals surface area contributed by atoms with Crippen molar-refractivity contribution in [2.75, 3.05) is 22.1 Å². The zero-order chi connectivity index (χ0) is 20.9. The highest BCUT2D eigenvalue weighted by Crippen LogP contribution is 2.23. The number of nitrogens with one attached hydrogen (secondary N) is 3. The second-order valence-electron chi connectivity index (χ2n) is 7.05. The first-order valence-electron chi connectivity index (χ1n) is 9.62. The van der Waals surface area contributed by atoms with E-state index in [9.17, 15) is 9.59 Å². The lowest BCUT2D eigenvalue weighted by molar-refractivity contribution is -0.117. The molecule has 3 aromatic rings. The van der Waals surface area contributed by atoms with E-state index >= 15 is 0 Å². The average molecular weight is 421 g/mol. The first-order valence-corrected chi connectivity index (χ1v) is 10.0. The van der Waals surface area contributed by atoms with Crippen LogP contribution < -0.4 is 20.9 Å². The van der Waals surface area contributed by atoms with E-state index in [1.54, 1.807) is 29.2 Å². The molecule has 6 nitrogen and oxygen atoms in total. The third-order valence-electron chi connectivity index (χ3n) is 4.80. The van der Waals surface area contributed by atoms with Crippen LogP contribution in [0.25, 0.3) is 0 Å². The van der Waals surface area contributed by atoms with Gasteiger partial charge in [0.15, 0.2) is 0 Å². The first-order chi connectivity index (χ1) is 14.6. The Kier molecular flexibility index (Phi) is 5.86. The molecule has 1 heterocycles. The minimum Gasteiger partial charge on any atom is -0.356 e. The summed E-state index contributed by atoms with van der Waals surface area (Å²) in [6, 6.07) is 23.8. The van der Waals surface area contributed by atoms with Gasteiger partial charge in [-0.2, -0.15) is 0 Å². The maximum Gasteiger partial charge on any atom is 0.319 e. The smallest absolute Gasteiger partial charge is 0.319 e. The molecule has 0 spiro atoms. The fourth-order valence-corrected chi connectivity index (χ4v) is 3.48. The van der Waals surface area contributed by atoms with Gasteiger partial charge < -0.3 is 20.9 Å². The topological polar surface area (TPSA) is 73.5 Å². The maximum atomic E-state index is 12.4. The third-order valence-corrected chi connectivity index (χ3v) is 5.06. The fourth-order valence-electron chi connectivity index (χ4n) is 3.35. The van der Waals surface area contributed by atoms with E-state index in [1.165, 1.54) is 0 Å². The molecular weight excluding hydrogens is 400 g/mol. The number of para-hydroxylation sites is 1. The van der Waals surface area contributed by atoms with Crippen LogP contribution in [-0.4, -0.2) is 24.5 Å². The van der Waals surface area contributed by atoms with Crippen molar-refractivity contribution in [2.45, 2.75) is 12.5 Å². The van der Waals surface area contributed by atoms with Crippen molar-refractivity contribution in [1.29, 1.82) is 0 Å². The number of carbonyl (C=O) groups excluding carboxylic acids is 2. The third kappa shape index (κ3) is 4.90. The SMILES string of the molecule is O=C(Nc1ccc(Nc2ccccc2)cc1)N[C@@H]1CC(=O)N(c2ccc(Cl)cc2)C1. The molecule has 0 saturated carbocycles. The Morgan fingerprint density at radius 3 is 2.20 bits per heavy atom. The number of rotatable bonds is 5. The molecule has 3 N–H and O–H groups in total. The van der Waals surface area contributed by atoms with Crippen LogP contribution in [0.3, 0.4) is 0 Å². The van der Waals surface area contributed by atoms with Crippen LogP contribution >= 0.6 is 11.6 Å². The summed E-state index contributed by atoms with van der Waals surface area (Å²) in [5, 5.41) is 9.59. The average Bonchev–Trinajstić information content (AvgIpc) is 3.10. The summed E-state index contributed by atoms with van der Waals surface area (Å²) in [5.74, 6) is -0.0287. The van der Waals surface area contributed by atoms with Gasteiger partial charge in [-0.3, -0.25) is 4.79 Å². The largest absolute Gasteiger partial charge is 0.356 e. The number of hydrogen-bond donors (Lipinski definition) is 3. The van der Waals surface area contributed by atoms with Crippen molar-refractivity contribution in [3.05, 3.63) is 83.9 Å². The van der Waals surface area contributed by atoms with E-state index in [-0.39, 0.29) is 24.4 Å². The first kappa shape index (κ1) is 19.8. The molecule has 1 atom stereocenters. The maximum absolute atomic E-state index is 12.4. The van der Waals surface area contributed by atoms with Crippen molar-refractivity contribution >= 4 is 46.3 Å². The molecular formula is C23H21ClN4O2. The monoisotopic (exact) mass is 420 g/mol. The number of halogens is 1. The van der Waals surface area contributed by atoms with Gasteiger partial charge in [0.1, 0.15) is 0 Å². The van der Waals surface area contributed by atoms with Gasteiger partial charge in [0.05, 0.1) is 6.04 Å². The van der Waals surface area contributed by atoms with E-state index in [1.807, 2.05) is 54.6 Å².